The van der Waals surface area contributed by atoms with E-state index in [1.165, 1.54) is 0 Å². The first-order chi connectivity index (χ1) is 8.90. The third-order valence-corrected chi connectivity index (χ3v) is 2.91. The molecule has 1 amide bonds. The molecule has 0 fully saturated rings. The van der Waals surface area contributed by atoms with E-state index in [4.69, 9.17) is 0 Å². The molecule has 2 N–H and O–H groups in total. The van der Waals surface area contributed by atoms with Crippen molar-refractivity contribution in [2.24, 2.45) is 0 Å². The highest BCUT2D eigenvalue weighted by molar-refractivity contribution is 5.87. The van der Waals surface area contributed by atoms with Crippen molar-refractivity contribution < 1.29 is 22.4 Å². The highest BCUT2D eigenvalue weighted by Crippen LogP contribution is 2.25. The van der Waals surface area contributed by atoms with Crippen molar-refractivity contribution in [3.63, 3.8) is 0 Å². The number of nitrogens with one attached hydrogen (secondary N) is 2. The largest absolute Gasteiger partial charge is 0.373 e. The summed E-state index contributed by atoms with van der Waals surface area (Å²) in [7, 11) is 0. The zero-order chi connectivity index (χ0) is 14.0. The van der Waals surface area contributed by atoms with E-state index in [-0.39, 0.29) is 0 Å². The molecule has 1 aliphatic rings. The van der Waals surface area contributed by atoms with Gasteiger partial charge < -0.3 is 10.6 Å². The number of halogens is 4. The lowest BCUT2D eigenvalue weighted by Crippen LogP contribution is -2.46. The van der Waals surface area contributed by atoms with Gasteiger partial charge in [-0.1, -0.05) is 18.2 Å². The third-order valence-electron chi connectivity index (χ3n) is 2.91. The smallest absolute Gasteiger partial charge is 0.324 e. The van der Waals surface area contributed by atoms with Crippen LogP contribution in [0.2, 0.25) is 0 Å². The molecular formula is C12H12F4N2O. The molecule has 0 aromatic heterocycles. The Hall–Kier alpha value is -1.79. The van der Waals surface area contributed by atoms with Gasteiger partial charge in [-0.2, -0.15) is 8.78 Å². The number of alkyl halides is 4. The van der Waals surface area contributed by atoms with E-state index in [1.807, 2.05) is 11.4 Å². The Bertz CT molecular complexity index is 454. The summed E-state index contributed by atoms with van der Waals surface area (Å²) in [5.74, 6) is -4.92. The molecule has 0 bridgehead atoms. The molecule has 1 heterocycles. The maximum atomic E-state index is 12.7. The average Bonchev–Trinajstić information content (AvgIpc) is 2.79. The summed E-state index contributed by atoms with van der Waals surface area (Å²) in [4.78, 5) is 11.6. The van der Waals surface area contributed by atoms with E-state index in [1.54, 1.807) is 18.2 Å². The number of amides is 1. The monoisotopic (exact) mass is 276 g/mol. The van der Waals surface area contributed by atoms with Gasteiger partial charge in [0.15, 0.2) is 0 Å². The van der Waals surface area contributed by atoms with Gasteiger partial charge in [0.05, 0.1) is 6.54 Å². The van der Waals surface area contributed by atoms with Crippen LogP contribution in [0.15, 0.2) is 24.3 Å². The molecule has 1 aliphatic heterocycles. The molecule has 0 saturated heterocycles. The number of fused-ring (bicyclic) bond motifs is 1. The van der Waals surface area contributed by atoms with Crippen LogP contribution in [-0.4, -0.2) is 30.8 Å². The molecule has 1 atom stereocenters. The van der Waals surface area contributed by atoms with E-state index >= 15 is 0 Å². The molecule has 0 saturated carbocycles. The Balaban J connectivity index is 1.90. The van der Waals surface area contributed by atoms with Crippen LogP contribution in [0.1, 0.15) is 5.56 Å². The number of carbonyl (C=O) groups is 1. The van der Waals surface area contributed by atoms with Crippen molar-refractivity contribution in [2.75, 3.05) is 11.9 Å². The molecule has 0 aliphatic carbocycles. The number of anilines is 1. The first-order valence-corrected chi connectivity index (χ1v) is 5.68. The maximum Gasteiger partial charge on any atom is 0.324 e. The standard InChI is InChI=1S/C12H12F4N2O/c13-11(14)12(15,16)6-17-10(19)9-5-7-3-1-2-4-8(7)18-9/h1-4,9,11,18H,5-6H2,(H,17,19). The lowest BCUT2D eigenvalue weighted by Gasteiger charge is -2.17. The summed E-state index contributed by atoms with van der Waals surface area (Å²) in [6.07, 6.45) is -3.44. The van der Waals surface area contributed by atoms with Gasteiger partial charge >= 0.3 is 12.3 Å². The Labute approximate surface area is 107 Å². The molecule has 2 rings (SSSR count). The molecule has 1 aromatic rings. The van der Waals surface area contributed by atoms with Gasteiger partial charge in [-0.3, -0.25) is 4.79 Å². The van der Waals surface area contributed by atoms with Crippen LogP contribution in [0, 0.1) is 0 Å². The molecule has 19 heavy (non-hydrogen) atoms. The van der Waals surface area contributed by atoms with Crippen molar-refractivity contribution in [1.82, 2.24) is 5.32 Å². The van der Waals surface area contributed by atoms with Crippen molar-refractivity contribution in [3.8, 4) is 0 Å². The van der Waals surface area contributed by atoms with E-state index in [0.717, 1.165) is 11.3 Å². The molecular weight excluding hydrogens is 264 g/mol. The van der Waals surface area contributed by atoms with E-state index < -0.39 is 30.8 Å². The van der Waals surface area contributed by atoms with Crippen LogP contribution in [0.4, 0.5) is 23.2 Å². The second-order valence-corrected chi connectivity index (χ2v) is 4.34. The summed E-state index contributed by atoms with van der Waals surface area (Å²) in [6, 6.07) is 6.44. The number of hydrogen-bond donors (Lipinski definition) is 2. The van der Waals surface area contributed by atoms with Crippen molar-refractivity contribution >= 4 is 11.6 Å². The van der Waals surface area contributed by atoms with E-state index in [0.29, 0.717) is 6.42 Å². The van der Waals surface area contributed by atoms with Gasteiger partial charge in [0.1, 0.15) is 6.04 Å². The minimum Gasteiger partial charge on any atom is -0.373 e. The Morgan fingerprint density at radius 3 is 2.74 bits per heavy atom. The summed E-state index contributed by atoms with van der Waals surface area (Å²) in [6.45, 7) is -1.36. The zero-order valence-corrected chi connectivity index (χ0v) is 9.80. The molecule has 0 spiro atoms. The first kappa shape index (κ1) is 13.6. The number of hydrogen-bond acceptors (Lipinski definition) is 2. The van der Waals surface area contributed by atoms with Gasteiger partial charge in [-0.05, 0) is 11.6 Å². The zero-order valence-electron chi connectivity index (χ0n) is 9.80. The van der Waals surface area contributed by atoms with Crippen LogP contribution in [0.5, 0.6) is 0 Å². The third kappa shape index (κ3) is 2.97. The van der Waals surface area contributed by atoms with Gasteiger partial charge in [-0.15, -0.1) is 0 Å². The van der Waals surface area contributed by atoms with Crippen LogP contribution < -0.4 is 10.6 Å². The second kappa shape index (κ2) is 5.07. The van der Waals surface area contributed by atoms with Gasteiger partial charge in [0, 0.05) is 12.1 Å². The molecule has 1 aromatic carbocycles. The Kier molecular flexibility index (Phi) is 3.64. The molecule has 3 nitrogen and oxygen atoms in total. The number of benzene rings is 1. The lowest BCUT2D eigenvalue weighted by atomic mass is 10.1. The fraction of sp³-hybridized carbons (Fsp3) is 0.417. The first-order valence-electron chi connectivity index (χ1n) is 5.68. The number of rotatable bonds is 4. The molecule has 7 heteroatoms. The molecule has 1 unspecified atom stereocenters. The predicted octanol–water partition coefficient (Wildman–Crippen LogP) is 2.04. The van der Waals surface area contributed by atoms with Crippen LogP contribution >= 0.6 is 0 Å². The fourth-order valence-corrected chi connectivity index (χ4v) is 1.86. The number of para-hydroxylation sites is 1. The lowest BCUT2D eigenvalue weighted by molar-refractivity contribution is -0.136. The summed E-state index contributed by atoms with van der Waals surface area (Å²) >= 11 is 0. The minimum absolute atomic E-state index is 0.349. The minimum atomic E-state index is -4.21. The summed E-state index contributed by atoms with van der Waals surface area (Å²) in [5.41, 5.74) is 1.64. The average molecular weight is 276 g/mol. The quantitative estimate of drug-likeness (QED) is 0.826. The van der Waals surface area contributed by atoms with Gasteiger partial charge in [0.25, 0.3) is 0 Å². The Morgan fingerprint density at radius 2 is 2.11 bits per heavy atom. The number of carbonyl (C=O) groups excluding carboxylic acids is 1. The summed E-state index contributed by atoms with van der Waals surface area (Å²) < 4.78 is 49.2. The normalized spacial score (nSPS) is 18.1. The summed E-state index contributed by atoms with van der Waals surface area (Å²) in [5, 5.41) is 4.70. The Morgan fingerprint density at radius 1 is 1.42 bits per heavy atom. The van der Waals surface area contributed by atoms with Crippen molar-refractivity contribution in [1.29, 1.82) is 0 Å². The van der Waals surface area contributed by atoms with Crippen LogP contribution in [0.25, 0.3) is 0 Å². The fourth-order valence-electron chi connectivity index (χ4n) is 1.86. The SMILES string of the molecule is O=C(NCC(F)(F)C(F)F)C1Cc2ccccc2N1. The van der Waals surface area contributed by atoms with Crippen molar-refractivity contribution in [3.05, 3.63) is 29.8 Å². The van der Waals surface area contributed by atoms with E-state index in [2.05, 4.69) is 5.32 Å². The molecule has 0 radical (unpaired) electrons. The highest BCUT2D eigenvalue weighted by Gasteiger charge is 2.41. The van der Waals surface area contributed by atoms with Crippen LogP contribution in [-0.2, 0) is 11.2 Å². The topological polar surface area (TPSA) is 41.1 Å². The second-order valence-electron chi connectivity index (χ2n) is 4.34. The van der Waals surface area contributed by atoms with E-state index in [9.17, 15) is 22.4 Å². The molecule has 104 valence electrons. The highest BCUT2D eigenvalue weighted by atomic mass is 19.3. The van der Waals surface area contributed by atoms with Crippen molar-refractivity contribution in [2.45, 2.75) is 24.8 Å². The van der Waals surface area contributed by atoms with Gasteiger partial charge in [-0.25, -0.2) is 8.78 Å². The maximum absolute atomic E-state index is 12.7. The van der Waals surface area contributed by atoms with Crippen LogP contribution in [0.3, 0.4) is 0 Å². The van der Waals surface area contributed by atoms with Gasteiger partial charge in [0.2, 0.25) is 5.91 Å². The predicted molar refractivity (Wildman–Crippen MR) is 61.5 cm³/mol.